The Kier molecular flexibility index (Phi) is 5.68. The number of nitrogens with zero attached hydrogens (tertiary/aromatic N) is 4. The van der Waals surface area contributed by atoms with Gasteiger partial charge in [0.15, 0.2) is 5.16 Å². The predicted molar refractivity (Wildman–Crippen MR) is 102 cm³/mol. The van der Waals surface area contributed by atoms with E-state index in [1.54, 1.807) is 11.9 Å². The summed E-state index contributed by atoms with van der Waals surface area (Å²) in [4.78, 5) is 14.0. The molecule has 3 aromatic rings. The maximum absolute atomic E-state index is 12.3. The molecule has 136 valence electrons. The van der Waals surface area contributed by atoms with Crippen molar-refractivity contribution in [3.05, 3.63) is 53.0 Å². The van der Waals surface area contributed by atoms with E-state index in [0.717, 1.165) is 28.1 Å². The standard InChI is InChI=1S/C18H19ClN4O2S/c1-12-20-21-18(23(12)3)26-11-17(24)22(2)10-15-8-9-16(25-15)13-4-6-14(19)7-5-13/h4-9H,10-11H2,1-3H3. The summed E-state index contributed by atoms with van der Waals surface area (Å²) < 4.78 is 7.71. The molecule has 0 aliphatic rings. The number of amides is 1. The van der Waals surface area contributed by atoms with E-state index >= 15 is 0 Å². The van der Waals surface area contributed by atoms with Gasteiger partial charge in [-0.2, -0.15) is 0 Å². The second kappa shape index (κ2) is 7.97. The molecule has 0 saturated heterocycles. The van der Waals surface area contributed by atoms with Crippen molar-refractivity contribution in [1.82, 2.24) is 19.7 Å². The second-order valence-corrected chi connectivity index (χ2v) is 7.28. The van der Waals surface area contributed by atoms with Crippen LogP contribution >= 0.6 is 23.4 Å². The predicted octanol–water partition coefficient (Wildman–Crippen LogP) is 3.79. The molecular weight excluding hydrogens is 372 g/mol. The second-order valence-electron chi connectivity index (χ2n) is 5.90. The van der Waals surface area contributed by atoms with Gasteiger partial charge in [-0.25, -0.2) is 0 Å². The number of aryl methyl sites for hydroxylation is 1. The van der Waals surface area contributed by atoms with Gasteiger partial charge in [0.1, 0.15) is 17.3 Å². The Hall–Kier alpha value is -2.25. The van der Waals surface area contributed by atoms with E-state index in [1.807, 2.05) is 54.9 Å². The molecule has 0 fully saturated rings. The van der Waals surface area contributed by atoms with Crippen molar-refractivity contribution in [2.75, 3.05) is 12.8 Å². The summed E-state index contributed by atoms with van der Waals surface area (Å²) in [5, 5.41) is 9.45. The van der Waals surface area contributed by atoms with Crippen molar-refractivity contribution in [1.29, 1.82) is 0 Å². The van der Waals surface area contributed by atoms with Crippen molar-refractivity contribution >= 4 is 29.3 Å². The molecule has 0 aliphatic heterocycles. The summed E-state index contributed by atoms with van der Waals surface area (Å²) in [5.74, 6) is 2.60. The summed E-state index contributed by atoms with van der Waals surface area (Å²) in [7, 11) is 3.64. The van der Waals surface area contributed by atoms with Crippen LogP contribution in [0.3, 0.4) is 0 Å². The molecule has 1 amide bonds. The number of hydrogen-bond acceptors (Lipinski definition) is 5. The number of furan rings is 1. The van der Waals surface area contributed by atoms with Gasteiger partial charge in [-0.3, -0.25) is 4.79 Å². The highest BCUT2D eigenvalue weighted by Gasteiger charge is 2.15. The number of carbonyl (C=O) groups is 1. The number of hydrogen-bond donors (Lipinski definition) is 0. The molecule has 0 radical (unpaired) electrons. The number of thioether (sulfide) groups is 1. The zero-order valence-corrected chi connectivity index (χ0v) is 16.3. The van der Waals surface area contributed by atoms with Crippen LogP contribution in [0.25, 0.3) is 11.3 Å². The van der Waals surface area contributed by atoms with Crippen LogP contribution in [0.1, 0.15) is 11.6 Å². The van der Waals surface area contributed by atoms with Gasteiger partial charge in [0.2, 0.25) is 5.91 Å². The van der Waals surface area contributed by atoms with E-state index in [-0.39, 0.29) is 5.91 Å². The number of carbonyl (C=O) groups excluding carboxylic acids is 1. The molecule has 6 nitrogen and oxygen atoms in total. The zero-order chi connectivity index (χ0) is 18.7. The molecule has 3 rings (SSSR count). The lowest BCUT2D eigenvalue weighted by molar-refractivity contribution is -0.127. The average Bonchev–Trinajstić information content (AvgIpc) is 3.21. The van der Waals surface area contributed by atoms with Crippen molar-refractivity contribution < 1.29 is 9.21 Å². The van der Waals surface area contributed by atoms with Gasteiger partial charge in [0.25, 0.3) is 0 Å². The van der Waals surface area contributed by atoms with E-state index in [1.165, 1.54) is 11.8 Å². The Bertz CT molecular complexity index is 904. The molecule has 0 aliphatic carbocycles. The minimum absolute atomic E-state index is 0.0000889. The average molecular weight is 391 g/mol. The maximum Gasteiger partial charge on any atom is 0.233 e. The lowest BCUT2D eigenvalue weighted by Crippen LogP contribution is -2.27. The third-order valence-corrected chi connectivity index (χ3v) is 5.24. The van der Waals surface area contributed by atoms with Gasteiger partial charge in [-0.05, 0) is 43.3 Å². The summed E-state index contributed by atoms with van der Waals surface area (Å²) in [6.45, 7) is 2.28. The third-order valence-electron chi connectivity index (χ3n) is 3.99. The first-order chi connectivity index (χ1) is 12.4. The molecule has 0 N–H and O–H groups in total. The Morgan fingerprint density at radius 2 is 1.96 bits per heavy atom. The minimum Gasteiger partial charge on any atom is -0.459 e. The Balaban J connectivity index is 1.57. The molecule has 0 bridgehead atoms. The normalized spacial score (nSPS) is 10.9. The Morgan fingerprint density at radius 1 is 1.23 bits per heavy atom. The highest BCUT2D eigenvalue weighted by molar-refractivity contribution is 7.99. The first kappa shape index (κ1) is 18.5. The molecule has 0 saturated carbocycles. The molecule has 8 heteroatoms. The molecule has 26 heavy (non-hydrogen) atoms. The number of rotatable bonds is 6. The van der Waals surface area contributed by atoms with E-state index < -0.39 is 0 Å². The smallest absolute Gasteiger partial charge is 0.233 e. The number of aromatic nitrogens is 3. The van der Waals surface area contributed by atoms with E-state index in [2.05, 4.69) is 10.2 Å². The number of halogens is 1. The Labute approximate surface area is 161 Å². The third kappa shape index (κ3) is 4.28. The number of benzene rings is 1. The largest absolute Gasteiger partial charge is 0.459 e. The van der Waals surface area contributed by atoms with E-state index in [0.29, 0.717) is 17.3 Å². The summed E-state index contributed by atoms with van der Waals surface area (Å²) >= 11 is 7.28. The van der Waals surface area contributed by atoms with Gasteiger partial charge in [-0.15, -0.1) is 10.2 Å². The van der Waals surface area contributed by atoms with Gasteiger partial charge in [0, 0.05) is 24.7 Å². The van der Waals surface area contributed by atoms with Crippen molar-refractivity contribution in [2.45, 2.75) is 18.6 Å². The fourth-order valence-corrected chi connectivity index (χ4v) is 3.33. The van der Waals surface area contributed by atoms with Gasteiger partial charge in [-0.1, -0.05) is 23.4 Å². The van der Waals surface area contributed by atoms with Crippen LogP contribution in [0.15, 0.2) is 46.0 Å². The quantitative estimate of drug-likeness (QED) is 0.599. The fraction of sp³-hybridized carbons (Fsp3) is 0.278. The molecule has 0 atom stereocenters. The fourth-order valence-electron chi connectivity index (χ4n) is 2.30. The monoisotopic (exact) mass is 390 g/mol. The van der Waals surface area contributed by atoms with Crippen molar-refractivity contribution in [3.63, 3.8) is 0 Å². The van der Waals surface area contributed by atoms with Crippen LogP contribution < -0.4 is 0 Å². The summed E-state index contributed by atoms with van der Waals surface area (Å²) in [5.41, 5.74) is 0.947. The molecule has 2 heterocycles. The Morgan fingerprint density at radius 3 is 2.62 bits per heavy atom. The lowest BCUT2D eigenvalue weighted by atomic mass is 10.2. The maximum atomic E-state index is 12.3. The van der Waals surface area contributed by atoms with E-state index in [9.17, 15) is 4.79 Å². The van der Waals surface area contributed by atoms with Crippen LogP contribution in [0.2, 0.25) is 5.02 Å². The highest BCUT2D eigenvalue weighted by atomic mass is 35.5. The first-order valence-corrected chi connectivity index (χ1v) is 9.38. The van der Waals surface area contributed by atoms with E-state index in [4.69, 9.17) is 16.0 Å². The van der Waals surface area contributed by atoms with Crippen LogP contribution in [-0.4, -0.2) is 38.4 Å². The topological polar surface area (TPSA) is 64.2 Å². The minimum atomic E-state index is 0.0000889. The van der Waals surface area contributed by atoms with Crippen molar-refractivity contribution in [2.24, 2.45) is 7.05 Å². The first-order valence-electron chi connectivity index (χ1n) is 8.01. The molecular formula is C18H19ClN4O2S. The summed E-state index contributed by atoms with van der Waals surface area (Å²) in [6, 6.07) is 11.2. The molecule has 0 unspecified atom stereocenters. The van der Waals surface area contributed by atoms with Crippen LogP contribution in [0.4, 0.5) is 0 Å². The SMILES string of the molecule is Cc1nnc(SCC(=O)N(C)Cc2ccc(-c3ccc(Cl)cc3)o2)n1C. The highest BCUT2D eigenvalue weighted by Crippen LogP contribution is 2.24. The van der Waals surface area contributed by atoms with Gasteiger partial charge < -0.3 is 13.9 Å². The molecule has 1 aromatic carbocycles. The zero-order valence-electron chi connectivity index (χ0n) is 14.8. The van der Waals surface area contributed by atoms with Gasteiger partial charge in [0.05, 0.1) is 12.3 Å². The van der Waals surface area contributed by atoms with Gasteiger partial charge >= 0.3 is 0 Å². The van der Waals surface area contributed by atoms with Crippen LogP contribution in [-0.2, 0) is 18.4 Å². The van der Waals surface area contributed by atoms with Crippen LogP contribution in [0.5, 0.6) is 0 Å². The van der Waals surface area contributed by atoms with Crippen molar-refractivity contribution in [3.8, 4) is 11.3 Å². The molecule has 0 spiro atoms. The lowest BCUT2D eigenvalue weighted by Gasteiger charge is -2.15. The summed E-state index contributed by atoms with van der Waals surface area (Å²) in [6.07, 6.45) is 0. The van der Waals surface area contributed by atoms with Crippen LogP contribution in [0, 0.1) is 6.92 Å². The molecule has 2 aromatic heterocycles.